The summed E-state index contributed by atoms with van der Waals surface area (Å²) >= 11 is 0. The fourth-order valence-corrected chi connectivity index (χ4v) is 6.48. The number of nitriles is 1. The van der Waals surface area contributed by atoms with Gasteiger partial charge in [0.15, 0.2) is 0 Å². The summed E-state index contributed by atoms with van der Waals surface area (Å²) in [7, 11) is 3.89. The Hall–Kier alpha value is -5.91. The molecule has 0 radical (unpaired) electrons. The Morgan fingerprint density at radius 3 is 1.98 bits per heavy atom. The maximum Gasteiger partial charge on any atom is 0.270 e. The largest absolute Gasteiger partial charge is 0.872 e. The molecule has 198 valence electrons. The van der Waals surface area contributed by atoms with Crippen LogP contribution in [0.15, 0.2) is 120 Å². The highest BCUT2D eigenvalue weighted by Crippen LogP contribution is 2.55. The SMILES string of the molecule is [C-]#[N+]/C(C#N)=C1C(c2c3ccccc3cc3ccccc23)=C([O-])C\1=C1/c2ccccc2C(=[N+](C)C)c2cccc(O)c21. The molecule has 1 N–H and O–H groups in total. The summed E-state index contributed by atoms with van der Waals surface area (Å²) in [5.41, 5.74) is 5.93. The van der Waals surface area contributed by atoms with E-state index in [-0.39, 0.29) is 22.8 Å². The summed E-state index contributed by atoms with van der Waals surface area (Å²) in [6.07, 6.45) is 0. The van der Waals surface area contributed by atoms with E-state index in [0.717, 1.165) is 43.9 Å². The number of nitrogens with zero attached hydrogens (tertiary/aromatic N) is 3. The van der Waals surface area contributed by atoms with Crippen LogP contribution in [0.3, 0.4) is 0 Å². The molecule has 5 aromatic rings. The first kappa shape index (κ1) is 25.1. The van der Waals surface area contributed by atoms with Crippen LogP contribution < -0.4 is 5.11 Å². The average molecular weight is 542 g/mol. The Labute approximate surface area is 243 Å². The highest BCUT2D eigenvalue weighted by atomic mass is 16.3. The first-order valence-corrected chi connectivity index (χ1v) is 13.5. The lowest BCUT2D eigenvalue weighted by atomic mass is 9.69. The average Bonchev–Trinajstić information content (AvgIpc) is 3.00. The molecule has 42 heavy (non-hydrogen) atoms. The predicted octanol–water partition coefficient (Wildman–Crippen LogP) is 6.41. The van der Waals surface area contributed by atoms with Crippen LogP contribution in [0.25, 0.3) is 37.5 Å². The Bertz CT molecular complexity index is 2180. The minimum absolute atomic E-state index is 0.0291. The smallest absolute Gasteiger partial charge is 0.270 e. The van der Waals surface area contributed by atoms with Crippen molar-refractivity contribution in [1.29, 1.82) is 5.26 Å². The quantitative estimate of drug-likeness (QED) is 0.113. The predicted molar refractivity (Wildman–Crippen MR) is 164 cm³/mol. The van der Waals surface area contributed by atoms with Gasteiger partial charge in [0.2, 0.25) is 5.71 Å². The van der Waals surface area contributed by atoms with E-state index in [9.17, 15) is 15.5 Å². The lowest BCUT2D eigenvalue weighted by Crippen LogP contribution is -2.28. The van der Waals surface area contributed by atoms with Crippen LogP contribution in [0.1, 0.15) is 27.8 Å². The number of hydrogen-bond acceptors (Lipinski definition) is 3. The zero-order valence-corrected chi connectivity index (χ0v) is 22.9. The highest BCUT2D eigenvalue weighted by Gasteiger charge is 2.39. The molecule has 7 rings (SSSR count). The van der Waals surface area contributed by atoms with Gasteiger partial charge in [-0.1, -0.05) is 78.6 Å². The molecule has 5 aromatic carbocycles. The second-order valence-corrected chi connectivity index (χ2v) is 10.6. The number of phenols is 1. The van der Waals surface area contributed by atoms with Gasteiger partial charge in [-0.25, -0.2) is 14.7 Å². The van der Waals surface area contributed by atoms with Gasteiger partial charge in [-0.15, -0.1) is 0 Å². The van der Waals surface area contributed by atoms with Crippen molar-refractivity contribution in [3.8, 4) is 11.8 Å². The van der Waals surface area contributed by atoms with E-state index in [2.05, 4.69) is 17.0 Å². The molecule has 0 atom stereocenters. The fourth-order valence-electron chi connectivity index (χ4n) is 6.48. The minimum Gasteiger partial charge on any atom is -0.872 e. The number of phenolic OH excluding ortho intramolecular Hbond substituents is 1. The minimum atomic E-state index is -0.254. The Morgan fingerprint density at radius 2 is 1.36 bits per heavy atom. The van der Waals surface area contributed by atoms with Crippen LogP contribution in [0.4, 0.5) is 0 Å². The molecular weight excluding hydrogens is 518 g/mol. The Morgan fingerprint density at radius 1 is 0.762 bits per heavy atom. The van der Waals surface area contributed by atoms with Crippen molar-refractivity contribution < 1.29 is 14.8 Å². The molecular formula is C37H23N3O2. The number of benzene rings is 5. The second-order valence-electron chi connectivity index (χ2n) is 10.6. The number of aromatic hydroxyl groups is 1. The van der Waals surface area contributed by atoms with Crippen LogP contribution in [0.5, 0.6) is 5.75 Å². The Kier molecular flexibility index (Phi) is 5.58. The van der Waals surface area contributed by atoms with E-state index in [0.29, 0.717) is 27.8 Å². The summed E-state index contributed by atoms with van der Waals surface area (Å²) in [5, 5.41) is 39.7. The van der Waals surface area contributed by atoms with Crippen LogP contribution in [-0.2, 0) is 0 Å². The van der Waals surface area contributed by atoms with E-state index >= 15 is 0 Å². The molecule has 2 aliphatic rings. The number of allylic oxidation sites excluding steroid dienone is 3. The number of rotatable bonds is 1. The van der Waals surface area contributed by atoms with Gasteiger partial charge in [0.1, 0.15) is 19.8 Å². The van der Waals surface area contributed by atoms with Gasteiger partial charge in [-0.3, -0.25) is 0 Å². The second kappa shape index (κ2) is 9.34. The first-order valence-electron chi connectivity index (χ1n) is 13.5. The lowest BCUT2D eigenvalue weighted by molar-refractivity contribution is -0.463. The highest BCUT2D eigenvalue weighted by molar-refractivity contribution is 6.23. The fraction of sp³-hybridized carbons (Fsp3) is 0.0541. The molecule has 5 nitrogen and oxygen atoms in total. The van der Waals surface area contributed by atoms with Gasteiger partial charge in [0.05, 0.1) is 23.8 Å². The molecule has 0 fully saturated rings. The molecule has 0 aromatic heterocycles. The molecule has 2 aliphatic carbocycles. The normalized spacial score (nSPS) is 16.8. The van der Waals surface area contributed by atoms with E-state index < -0.39 is 0 Å². The lowest BCUT2D eigenvalue weighted by Gasteiger charge is -2.40. The Balaban J connectivity index is 1.69. The molecule has 0 unspecified atom stereocenters. The molecule has 0 spiro atoms. The van der Waals surface area contributed by atoms with Gasteiger partial charge < -0.3 is 10.2 Å². The molecule has 0 amide bonds. The van der Waals surface area contributed by atoms with Gasteiger partial charge in [0, 0.05) is 16.7 Å². The maximum atomic E-state index is 14.6. The zero-order valence-electron chi connectivity index (χ0n) is 22.9. The van der Waals surface area contributed by atoms with Gasteiger partial charge in [-0.2, -0.15) is 0 Å². The van der Waals surface area contributed by atoms with E-state index in [1.165, 1.54) is 0 Å². The van der Waals surface area contributed by atoms with Gasteiger partial charge >= 0.3 is 0 Å². The third kappa shape index (κ3) is 3.38. The van der Waals surface area contributed by atoms with Crippen LogP contribution >= 0.6 is 0 Å². The summed E-state index contributed by atoms with van der Waals surface area (Å²) < 4.78 is 2.00. The van der Waals surface area contributed by atoms with Gasteiger partial charge in [0.25, 0.3) is 5.70 Å². The van der Waals surface area contributed by atoms with Crippen molar-refractivity contribution in [2.24, 2.45) is 0 Å². The summed E-state index contributed by atoms with van der Waals surface area (Å²) in [4.78, 5) is 3.61. The van der Waals surface area contributed by atoms with E-state index in [1.807, 2.05) is 97.5 Å². The van der Waals surface area contributed by atoms with Crippen LogP contribution in [0.2, 0.25) is 0 Å². The molecule has 0 bridgehead atoms. The standard InChI is InChI=1S/C37H23N3O2/c1-39-28(20-38)33-34(30-23-13-6-4-11-21(23)19-22-12-5-7-14-24(22)30)37(42)35(33)32-25-15-8-9-16-26(25)36(40(2)3)27-17-10-18-29(41)31(27)32/h4-19H,2-3H3,(H-,41,42)/b33-28+,35-32+. The summed E-state index contributed by atoms with van der Waals surface area (Å²) in [6, 6.07) is 32.9. The molecule has 0 saturated heterocycles. The molecule has 0 heterocycles. The molecule has 0 saturated carbocycles. The van der Waals surface area contributed by atoms with E-state index in [1.54, 1.807) is 12.1 Å². The number of hydrogen-bond donors (Lipinski definition) is 1. The maximum absolute atomic E-state index is 14.6. The van der Waals surface area contributed by atoms with E-state index in [4.69, 9.17) is 6.57 Å². The third-order valence-electron chi connectivity index (χ3n) is 8.13. The number of fused-ring (bicyclic) bond motifs is 4. The first-order chi connectivity index (χ1) is 20.5. The van der Waals surface area contributed by atoms with Gasteiger partial charge in [-0.05, 0) is 68.1 Å². The van der Waals surface area contributed by atoms with Crippen molar-refractivity contribution >= 4 is 38.4 Å². The topological polar surface area (TPSA) is 74.4 Å². The van der Waals surface area contributed by atoms with Crippen LogP contribution in [-0.4, -0.2) is 29.5 Å². The van der Waals surface area contributed by atoms with Crippen molar-refractivity contribution in [3.63, 3.8) is 0 Å². The summed E-state index contributed by atoms with van der Waals surface area (Å²) in [5.74, 6) is -0.225. The van der Waals surface area contributed by atoms with Crippen molar-refractivity contribution in [1.82, 2.24) is 0 Å². The molecule has 5 heteroatoms. The van der Waals surface area contributed by atoms with Crippen molar-refractivity contribution in [3.05, 3.63) is 159 Å². The van der Waals surface area contributed by atoms with Crippen LogP contribution in [0, 0.1) is 17.9 Å². The molecule has 0 aliphatic heterocycles. The zero-order chi connectivity index (χ0) is 29.1. The monoisotopic (exact) mass is 541 g/mol. The van der Waals surface area contributed by atoms with Crippen molar-refractivity contribution in [2.75, 3.05) is 14.1 Å². The van der Waals surface area contributed by atoms with Crippen molar-refractivity contribution in [2.45, 2.75) is 0 Å². The third-order valence-corrected chi connectivity index (χ3v) is 8.13. The summed E-state index contributed by atoms with van der Waals surface area (Å²) in [6.45, 7) is 7.93.